The number of sulfone groups is 1. The Morgan fingerprint density at radius 1 is 1.37 bits per heavy atom. The summed E-state index contributed by atoms with van der Waals surface area (Å²) < 4.78 is 27.4. The molecule has 0 radical (unpaired) electrons. The lowest BCUT2D eigenvalue weighted by molar-refractivity contribution is 0.325. The van der Waals surface area contributed by atoms with E-state index < -0.39 is 9.84 Å². The Labute approximate surface area is 114 Å². The Morgan fingerprint density at radius 3 is 2.58 bits per heavy atom. The molecule has 6 nitrogen and oxygen atoms in total. The van der Waals surface area contributed by atoms with Gasteiger partial charge in [0.15, 0.2) is 15.7 Å². The molecule has 1 aromatic rings. The third kappa shape index (κ3) is 6.15. The fourth-order valence-electron chi connectivity index (χ4n) is 1.73. The number of rotatable bonds is 8. The molecule has 0 aliphatic heterocycles. The summed E-state index contributed by atoms with van der Waals surface area (Å²) in [6, 6.07) is 0.256. The monoisotopic (exact) mass is 289 g/mol. The van der Waals surface area contributed by atoms with Crippen LogP contribution in [-0.2, 0) is 22.0 Å². The SMILES string of the molecule is CCCNC(Cc1nc(CS(C)(=O)=O)no1)C(C)C. The molecule has 0 aliphatic carbocycles. The molecule has 0 bridgehead atoms. The van der Waals surface area contributed by atoms with Crippen LogP contribution in [0.25, 0.3) is 0 Å². The molecule has 0 saturated heterocycles. The van der Waals surface area contributed by atoms with Gasteiger partial charge in [-0.1, -0.05) is 25.9 Å². The third-order valence-electron chi connectivity index (χ3n) is 2.76. The third-order valence-corrected chi connectivity index (χ3v) is 3.54. The highest BCUT2D eigenvalue weighted by Gasteiger charge is 2.18. The minimum absolute atomic E-state index is 0.175. The van der Waals surface area contributed by atoms with E-state index in [0.717, 1.165) is 19.2 Å². The molecule has 1 atom stereocenters. The first-order chi connectivity index (χ1) is 8.81. The molecule has 1 N–H and O–H groups in total. The first-order valence-electron chi connectivity index (χ1n) is 6.54. The van der Waals surface area contributed by atoms with Crippen molar-refractivity contribution in [3.63, 3.8) is 0 Å². The van der Waals surface area contributed by atoms with Gasteiger partial charge in [0.05, 0.1) is 0 Å². The Morgan fingerprint density at radius 2 is 2.05 bits per heavy atom. The van der Waals surface area contributed by atoms with Crippen LogP contribution < -0.4 is 5.32 Å². The lowest BCUT2D eigenvalue weighted by atomic mass is 10.0. The van der Waals surface area contributed by atoms with Gasteiger partial charge in [0.2, 0.25) is 5.89 Å². The van der Waals surface area contributed by atoms with Crippen LogP contribution in [0.3, 0.4) is 0 Å². The van der Waals surface area contributed by atoms with E-state index in [4.69, 9.17) is 4.52 Å². The summed E-state index contributed by atoms with van der Waals surface area (Å²) in [4.78, 5) is 4.13. The van der Waals surface area contributed by atoms with Crippen LogP contribution in [-0.4, -0.2) is 37.4 Å². The zero-order valence-corrected chi connectivity index (χ0v) is 12.8. The van der Waals surface area contributed by atoms with Crippen molar-refractivity contribution in [2.45, 2.75) is 45.4 Å². The molecule has 1 aromatic heterocycles. The Kier molecular flexibility index (Phi) is 5.93. The second kappa shape index (κ2) is 7.00. The van der Waals surface area contributed by atoms with Crippen molar-refractivity contribution >= 4 is 9.84 Å². The second-order valence-corrected chi connectivity index (χ2v) is 7.32. The highest BCUT2D eigenvalue weighted by molar-refractivity contribution is 7.89. The predicted octanol–water partition coefficient (Wildman–Crippen LogP) is 1.18. The normalized spacial score (nSPS) is 13.9. The van der Waals surface area contributed by atoms with Crippen molar-refractivity contribution in [3.05, 3.63) is 11.7 Å². The maximum Gasteiger partial charge on any atom is 0.228 e. The number of nitrogens with one attached hydrogen (secondary N) is 1. The molecule has 0 aromatic carbocycles. The van der Waals surface area contributed by atoms with Crippen LogP contribution >= 0.6 is 0 Å². The van der Waals surface area contributed by atoms with Crippen molar-refractivity contribution in [2.24, 2.45) is 5.92 Å². The zero-order chi connectivity index (χ0) is 14.5. The van der Waals surface area contributed by atoms with E-state index in [-0.39, 0.29) is 17.6 Å². The van der Waals surface area contributed by atoms with Crippen molar-refractivity contribution in [1.82, 2.24) is 15.5 Å². The molecule has 110 valence electrons. The molecular formula is C12H23N3O3S. The quantitative estimate of drug-likeness (QED) is 0.773. The van der Waals surface area contributed by atoms with Gasteiger partial charge in [-0.2, -0.15) is 4.98 Å². The Balaban J connectivity index is 2.65. The van der Waals surface area contributed by atoms with Crippen LogP contribution in [0.4, 0.5) is 0 Å². The fraction of sp³-hybridized carbons (Fsp3) is 0.833. The standard InChI is InChI=1S/C12H23N3O3S/c1-5-6-13-10(9(2)3)7-12-14-11(15-18-12)8-19(4,16)17/h9-10,13H,5-8H2,1-4H3. The van der Waals surface area contributed by atoms with E-state index >= 15 is 0 Å². The molecule has 19 heavy (non-hydrogen) atoms. The number of hydrogen-bond donors (Lipinski definition) is 1. The van der Waals surface area contributed by atoms with Gasteiger partial charge >= 0.3 is 0 Å². The average molecular weight is 289 g/mol. The van der Waals surface area contributed by atoms with E-state index in [1.54, 1.807) is 0 Å². The maximum atomic E-state index is 11.1. The van der Waals surface area contributed by atoms with E-state index in [1.165, 1.54) is 0 Å². The summed E-state index contributed by atoms with van der Waals surface area (Å²) in [5.41, 5.74) is 0. The lowest BCUT2D eigenvalue weighted by Crippen LogP contribution is -2.36. The molecule has 1 rings (SSSR count). The molecule has 0 amide bonds. The zero-order valence-electron chi connectivity index (χ0n) is 12.0. The molecule has 0 saturated carbocycles. The van der Waals surface area contributed by atoms with Gasteiger partial charge in [0, 0.05) is 18.7 Å². The van der Waals surface area contributed by atoms with E-state index in [0.29, 0.717) is 18.2 Å². The molecule has 1 heterocycles. The molecule has 0 fully saturated rings. The van der Waals surface area contributed by atoms with Crippen molar-refractivity contribution in [3.8, 4) is 0 Å². The topological polar surface area (TPSA) is 85.1 Å². The highest BCUT2D eigenvalue weighted by Crippen LogP contribution is 2.10. The van der Waals surface area contributed by atoms with Gasteiger partial charge in [-0.15, -0.1) is 0 Å². The largest absolute Gasteiger partial charge is 0.339 e. The maximum absolute atomic E-state index is 11.1. The van der Waals surface area contributed by atoms with Gasteiger partial charge in [-0.3, -0.25) is 0 Å². The van der Waals surface area contributed by atoms with E-state index in [1.807, 2.05) is 0 Å². The summed E-state index contributed by atoms with van der Waals surface area (Å²) in [6.45, 7) is 7.30. The summed E-state index contributed by atoms with van der Waals surface area (Å²) in [5.74, 6) is 0.985. The second-order valence-electron chi connectivity index (χ2n) is 5.18. The van der Waals surface area contributed by atoms with Gasteiger partial charge in [-0.05, 0) is 18.9 Å². The van der Waals surface area contributed by atoms with Crippen LogP contribution in [0.2, 0.25) is 0 Å². The molecule has 0 aliphatic rings. The first-order valence-corrected chi connectivity index (χ1v) is 8.60. The average Bonchev–Trinajstić information content (AvgIpc) is 2.68. The van der Waals surface area contributed by atoms with E-state index in [2.05, 4.69) is 36.2 Å². The van der Waals surface area contributed by atoms with Crippen LogP contribution in [0.5, 0.6) is 0 Å². The predicted molar refractivity (Wildman–Crippen MR) is 73.5 cm³/mol. The number of nitrogens with zero attached hydrogens (tertiary/aromatic N) is 2. The molecule has 0 spiro atoms. The van der Waals surface area contributed by atoms with Crippen molar-refractivity contribution < 1.29 is 12.9 Å². The van der Waals surface area contributed by atoms with Gasteiger partial charge in [-0.25, -0.2) is 8.42 Å². The summed E-state index contributed by atoms with van der Waals surface area (Å²) >= 11 is 0. The summed E-state index contributed by atoms with van der Waals surface area (Å²) in [7, 11) is -3.12. The molecule has 1 unspecified atom stereocenters. The summed E-state index contributed by atoms with van der Waals surface area (Å²) in [5, 5.41) is 7.13. The van der Waals surface area contributed by atoms with Crippen LogP contribution in [0.1, 0.15) is 38.9 Å². The Bertz CT molecular complexity index is 482. The van der Waals surface area contributed by atoms with Crippen LogP contribution in [0, 0.1) is 5.92 Å². The number of aromatic nitrogens is 2. The van der Waals surface area contributed by atoms with Gasteiger partial charge < -0.3 is 9.84 Å². The van der Waals surface area contributed by atoms with Crippen LogP contribution in [0.15, 0.2) is 4.52 Å². The van der Waals surface area contributed by atoms with Crippen molar-refractivity contribution in [2.75, 3.05) is 12.8 Å². The van der Waals surface area contributed by atoms with E-state index in [9.17, 15) is 8.42 Å². The van der Waals surface area contributed by atoms with Crippen molar-refractivity contribution in [1.29, 1.82) is 0 Å². The lowest BCUT2D eigenvalue weighted by Gasteiger charge is -2.20. The van der Waals surface area contributed by atoms with Gasteiger partial charge in [0.1, 0.15) is 5.75 Å². The Hall–Kier alpha value is -0.950. The van der Waals surface area contributed by atoms with Gasteiger partial charge in [0.25, 0.3) is 0 Å². The first kappa shape index (κ1) is 16.1. The minimum Gasteiger partial charge on any atom is -0.339 e. The summed E-state index contributed by atoms with van der Waals surface area (Å²) in [6.07, 6.45) is 2.84. The molecule has 7 heteroatoms. The molecular weight excluding hydrogens is 266 g/mol. The fourth-order valence-corrected chi connectivity index (χ4v) is 2.31. The highest BCUT2D eigenvalue weighted by atomic mass is 32.2. The minimum atomic E-state index is -3.12. The smallest absolute Gasteiger partial charge is 0.228 e. The number of hydrogen-bond acceptors (Lipinski definition) is 6.